The van der Waals surface area contributed by atoms with Crippen LogP contribution in [0.1, 0.15) is 33.1 Å². The molecule has 0 saturated carbocycles. The molecule has 0 aromatic rings. The lowest BCUT2D eigenvalue weighted by atomic mass is 10.1. The highest BCUT2D eigenvalue weighted by Crippen LogP contribution is 2.22. The third kappa shape index (κ3) is 2.47. The van der Waals surface area contributed by atoms with E-state index < -0.39 is 21.2 Å². The van der Waals surface area contributed by atoms with Gasteiger partial charge >= 0.3 is 5.97 Å². The first-order valence-corrected chi connectivity index (χ1v) is 6.61. The minimum Gasteiger partial charge on any atom is -0.446 e. The van der Waals surface area contributed by atoms with Gasteiger partial charge in [0.25, 0.3) is 0 Å². The maximum absolute atomic E-state index is 11.3. The summed E-state index contributed by atoms with van der Waals surface area (Å²) in [6, 6.07) is 0. The average Bonchev–Trinajstić information content (AvgIpc) is 2.44. The number of rotatable bonds is 3. The zero-order chi connectivity index (χ0) is 10.8. The number of esters is 1. The molecule has 1 heterocycles. The van der Waals surface area contributed by atoms with Crippen LogP contribution in [0.3, 0.4) is 0 Å². The van der Waals surface area contributed by atoms with Gasteiger partial charge in [0, 0.05) is 0 Å². The molecule has 0 aromatic heterocycles. The Labute approximate surface area is 84.6 Å². The normalized spacial score (nSPS) is 27.1. The Morgan fingerprint density at radius 1 is 1.57 bits per heavy atom. The van der Waals surface area contributed by atoms with Gasteiger partial charge < -0.3 is 4.74 Å². The molecule has 4 nitrogen and oxygen atoms in total. The third-order valence-electron chi connectivity index (χ3n) is 2.53. The number of carbonyl (C=O) groups excluding carboxylic acids is 1. The summed E-state index contributed by atoms with van der Waals surface area (Å²) in [4.78, 5) is 11.3. The van der Waals surface area contributed by atoms with Gasteiger partial charge in [-0.25, -0.2) is 8.42 Å². The topological polar surface area (TPSA) is 60.4 Å². The molecule has 14 heavy (non-hydrogen) atoms. The summed E-state index contributed by atoms with van der Waals surface area (Å²) in [7, 11) is -3.17. The van der Waals surface area contributed by atoms with Crippen molar-refractivity contribution < 1.29 is 17.9 Å². The maximum atomic E-state index is 11.3. The van der Waals surface area contributed by atoms with Crippen LogP contribution >= 0.6 is 0 Å². The molecule has 1 saturated heterocycles. The van der Waals surface area contributed by atoms with E-state index >= 15 is 0 Å². The van der Waals surface area contributed by atoms with Crippen molar-refractivity contribution in [2.45, 2.75) is 38.5 Å². The molecule has 1 aliphatic rings. The highest BCUT2D eigenvalue weighted by Gasteiger charge is 2.35. The summed E-state index contributed by atoms with van der Waals surface area (Å²) in [5.74, 6) is -0.473. The molecule has 1 rings (SSSR count). The summed E-state index contributed by atoms with van der Waals surface area (Å²) >= 11 is 0. The highest BCUT2D eigenvalue weighted by molar-refractivity contribution is 7.92. The summed E-state index contributed by atoms with van der Waals surface area (Å²) in [5.41, 5.74) is -0.885. The van der Waals surface area contributed by atoms with Crippen molar-refractivity contribution >= 4 is 15.8 Å². The molecule has 5 heteroatoms. The Bertz CT molecular complexity index is 307. The van der Waals surface area contributed by atoms with Gasteiger partial charge in [-0.2, -0.15) is 0 Å². The van der Waals surface area contributed by atoms with Crippen molar-refractivity contribution in [1.29, 1.82) is 0 Å². The van der Waals surface area contributed by atoms with Crippen molar-refractivity contribution in [3.05, 3.63) is 0 Å². The molecule has 0 radical (unpaired) electrons. The third-order valence-corrected chi connectivity index (χ3v) is 4.52. The van der Waals surface area contributed by atoms with Crippen LogP contribution in [-0.4, -0.2) is 25.6 Å². The van der Waals surface area contributed by atoms with Crippen LogP contribution in [-0.2, 0) is 19.4 Å². The van der Waals surface area contributed by atoms with E-state index in [1.807, 2.05) is 6.92 Å². The zero-order valence-corrected chi connectivity index (χ0v) is 9.34. The molecule has 1 fully saturated rings. The van der Waals surface area contributed by atoms with Crippen molar-refractivity contribution in [1.82, 2.24) is 0 Å². The van der Waals surface area contributed by atoms with E-state index in [0.717, 1.165) is 0 Å². The molecule has 0 bridgehead atoms. The van der Waals surface area contributed by atoms with Gasteiger partial charge in [0.1, 0.15) is 0 Å². The van der Waals surface area contributed by atoms with Crippen molar-refractivity contribution in [2.75, 3.05) is 5.75 Å². The van der Waals surface area contributed by atoms with E-state index in [1.54, 1.807) is 6.92 Å². The Morgan fingerprint density at radius 3 is 2.64 bits per heavy atom. The second kappa shape index (κ2) is 4.29. The zero-order valence-electron chi connectivity index (χ0n) is 8.52. The Kier molecular flexibility index (Phi) is 3.53. The van der Waals surface area contributed by atoms with E-state index in [9.17, 15) is 13.2 Å². The van der Waals surface area contributed by atoms with E-state index in [0.29, 0.717) is 19.3 Å². The first kappa shape index (κ1) is 11.5. The van der Waals surface area contributed by atoms with Gasteiger partial charge in [-0.1, -0.05) is 13.8 Å². The first-order valence-electron chi connectivity index (χ1n) is 4.89. The summed E-state index contributed by atoms with van der Waals surface area (Å²) in [5, 5.41) is 0. The predicted molar refractivity (Wildman–Crippen MR) is 52.4 cm³/mol. The summed E-state index contributed by atoms with van der Waals surface area (Å²) in [6.07, 6.45) is 1.72. The van der Waals surface area contributed by atoms with E-state index in [-0.39, 0.29) is 11.7 Å². The van der Waals surface area contributed by atoms with Gasteiger partial charge in [0.2, 0.25) is 5.44 Å². The van der Waals surface area contributed by atoms with E-state index in [2.05, 4.69) is 0 Å². The van der Waals surface area contributed by atoms with Crippen LogP contribution < -0.4 is 0 Å². The van der Waals surface area contributed by atoms with Crippen molar-refractivity contribution in [2.24, 2.45) is 5.92 Å². The van der Waals surface area contributed by atoms with Gasteiger partial charge in [0.05, 0.1) is 11.7 Å². The van der Waals surface area contributed by atoms with Gasteiger partial charge in [-0.3, -0.25) is 4.79 Å². The molecule has 2 unspecified atom stereocenters. The maximum Gasteiger partial charge on any atom is 0.309 e. The van der Waals surface area contributed by atoms with Crippen molar-refractivity contribution in [3.8, 4) is 0 Å². The molecule has 0 spiro atoms. The van der Waals surface area contributed by atoms with Gasteiger partial charge in [-0.05, 0) is 19.3 Å². The minimum absolute atomic E-state index is 0.144. The molecular formula is C9H16O4S. The first-order chi connectivity index (χ1) is 6.47. The standard InChI is InChI=1S/C9H16O4S/c1-3-7(2)9(10)13-8-5-4-6-14(8,11)12/h7-8H,3-6H2,1-2H3. The van der Waals surface area contributed by atoms with Crippen LogP contribution in [0, 0.1) is 5.92 Å². The van der Waals surface area contributed by atoms with Crippen LogP contribution in [0.25, 0.3) is 0 Å². The van der Waals surface area contributed by atoms with Gasteiger partial charge in [-0.15, -0.1) is 0 Å². The molecule has 1 aliphatic heterocycles. The SMILES string of the molecule is CCC(C)C(=O)OC1CCCS1(=O)=O. The number of carbonyl (C=O) groups is 1. The number of hydrogen-bond acceptors (Lipinski definition) is 4. The molecule has 2 atom stereocenters. The Balaban J connectivity index is 2.57. The highest BCUT2D eigenvalue weighted by atomic mass is 32.2. The molecule has 0 amide bonds. The fraction of sp³-hybridized carbons (Fsp3) is 0.889. The quantitative estimate of drug-likeness (QED) is 0.668. The lowest BCUT2D eigenvalue weighted by Crippen LogP contribution is -2.26. The summed E-state index contributed by atoms with van der Waals surface area (Å²) in [6.45, 7) is 3.61. The fourth-order valence-corrected chi connectivity index (χ4v) is 2.91. The fourth-order valence-electron chi connectivity index (χ4n) is 1.31. The molecule has 82 valence electrons. The Hall–Kier alpha value is -0.580. The number of ether oxygens (including phenoxy) is 1. The second-order valence-electron chi connectivity index (χ2n) is 3.68. The van der Waals surface area contributed by atoms with E-state index in [1.165, 1.54) is 0 Å². The second-order valence-corrected chi connectivity index (χ2v) is 5.94. The molecule has 0 aromatic carbocycles. The molecule has 0 N–H and O–H groups in total. The van der Waals surface area contributed by atoms with Crippen molar-refractivity contribution in [3.63, 3.8) is 0 Å². The lowest BCUT2D eigenvalue weighted by molar-refractivity contribution is -0.149. The van der Waals surface area contributed by atoms with Gasteiger partial charge in [0.15, 0.2) is 9.84 Å². The molecular weight excluding hydrogens is 204 g/mol. The van der Waals surface area contributed by atoms with Crippen LogP contribution in [0.5, 0.6) is 0 Å². The molecule has 0 aliphatic carbocycles. The largest absolute Gasteiger partial charge is 0.446 e. The predicted octanol–water partition coefficient (Wildman–Crippen LogP) is 1.11. The van der Waals surface area contributed by atoms with Crippen LogP contribution in [0.2, 0.25) is 0 Å². The van der Waals surface area contributed by atoms with E-state index in [4.69, 9.17) is 4.74 Å². The summed E-state index contributed by atoms with van der Waals surface area (Å²) < 4.78 is 27.6. The average molecular weight is 220 g/mol. The number of sulfone groups is 1. The lowest BCUT2D eigenvalue weighted by Gasteiger charge is -2.14. The van der Waals surface area contributed by atoms with Crippen LogP contribution in [0.4, 0.5) is 0 Å². The van der Waals surface area contributed by atoms with Crippen LogP contribution in [0.15, 0.2) is 0 Å². The monoisotopic (exact) mass is 220 g/mol. The smallest absolute Gasteiger partial charge is 0.309 e. The Morgan fingerprint density at radius 2 is 2.21 bits per heavy atom. The minimum atomic E-state index is -3.17. The number of hydrogen-bond donors (Lipinski definition) is 0.